The average molecular weight is 257 g/mol. The smallest absolute Gasteiger partial charge is 0.325 e. The lowest BCUT2D eigenvalue weighted by Gasteiger charge is -2.31. The molecule has 2 N–H and O–H groups in total. The second kappa shape index (κ2) is 6.58. The fourth-order valence-electron chi connectivity index (χ4n) is 2.07. The highest BCUT2D eigenvalue weighted by Gasteiger charge is 2.22. The zero-order chi connectivity index (χ0) is 13.7. The Balaban J connectivity index is 2.33. The third kappa shape index (κ3) is 4.52. The van der Waals surface area contributed by atoms with Crippen LogP contribution in [0.5, 0.6) is 0 Å². The Morgan fingerprint density at radius 1 is 1.44 bits per heavy atom. The average Bonchev–Trinajstić information content (AvgIpc) is 2.31. The van der Waals surface area contributed by atoms with Gasteiger partial charge in [-0.05, 0) is 45.8 Å². The van der Waals surface area contributed by atoms with Gasteiger partial charge in [-0.15, -0.1) is 0 Å². The number of carbonyl (C=O) groups excluding carboxylic acids is 1. The molecule has 0 bridgehead atoms. The number of amides is 2. The topological polar surface area (TPSA) is 72.9 Å². The molecule has 0 aromatic heterocycles. The predicted octanol–water partition coefficient (Wildman–Crippen LogP) is 0.443. The van der Waals surface area contributed by atoms with Gasteiger partial charge in [0, 0.05) is 13.6 Å². The quantitative estimate of drug-likeness (QED) is 0.766. The van der Waals surface area contributed by atoms with Crippen molar-refractivity contribution in [3.05, 3.63) is 0 Å². The summed E-state index contributed by atoms with van der Waals surface area (Å²) in [6.07, 6.45) is 2.17. The first-order chi connectivity index (χ1) is 8.40. The van der Waals surface area contributed by atoms with Crippen molar-refractivity contribution in [3.63, 3.8) is 0 Å². The summed E-state index contributed by atoms with van der Waals surface area (Å²) in [6.45, 7) is 4.27. The van der Waals surface area contributed by atoms with Crippen LogP contribution in [0.4, 0.5) is 4.79 Å². The number of urea groups is 1. The monoisotopic (exact) mass is 257 g/mol. The van der Waals surface area contributed by atoms with Gasteiger partial charge in [-0.1, -0.05) is 0 Å². The van der Waals surface area contributed by atoms with Crippen molar-refractivity contribution in [2.75, 3.05) is 33.7 Å². The number of carbonyl (C=O) groups is 2. The van der Waals surface area contributed by atoms with Crippen molar-refractivity contribution >= 4 is 12.0 Å². The van der Waals surface area contributed by atoms with Gasteiger partial charge in [0.2, 0.25) is 0 Å². The molecule has 1 saturated heterocycles. The molecule has 0 spiro atoms. The summed E-state index contributed by atoms with van der Waals surface area (Å²) >= 11 is 0. The van der Waals surface area contributed by atoms with Gasteiger partial charge in [-0.3, -0.25) is 4.79 Å². The molecule has 6 heteroatoms. The summed E-state index contributed by atoms with van der Waals surface area (Å²) in [5.74, 6) is -0.506. The van der Waals surface area contributed by atoms with Gasteiger partial charge < -0.3 is 20.2 Å². The fraction of sp³-hybridized carbons (Fsp3) is 0.833. The summed E-state index contributed by atoms with van der Waals surface area (Å²) in [4.78, 5) is 26.2. The minimum atomic E-state index is -1.02. The van der Waals surface area contributed by atoms with E-state index < -0.39 is 12.0 Å². The molecule has 18 heavy (non-hydrogen) atoms. The zero-order valence-corrected chi connectivity index (χ0v) is 11.3. The van der Waals surface area contributed by atoms with Gasteiger partial charge in [0.15, 0.2) is 0 Å². The van der Waals surface area contributed by atoms with Crippen molar-refractivity contribution in [3.8, 4) is 0 Å². The molecule has 0 aliphatic carbocycles. The normalized spacial score (nSPS) is 19.3. The summed E-state index contributed by atoms with van der Waals surface area (Å²) in [7, 11) is 3.81. The van der Waals surface area contributed by atoms with E-state index in [1.807, 2.05) is 0 Å². The van der Waals surface area contributed by atoms with Crippen LogP contribution in [0.25, 0.3) is 0 Å². The van der Waals surface area contributed by atoms with E-state index in [0.29, 0.717) is 12.5 Å². The highest BCUT2D eigenvalue weighted by Crippen LogP contribution is 2.16. The summed E-state index contributed by atoms with van der Waals surface area (Å²) in [5, 5.41) is 11.2. The maximum atomic E-state index is 11.7. The molecular formula is C12H23N3O3. The van der Waals surface area contributed by atoms with E-state index in [1.54, 1.807) is 11.9 Å². The number of carboxylic acid groups (broad SMARTS) is 1. The molecule has 1 heterocycles. The fourth-order valence-corrected chi connectivity index (χ4v) is 2.07. The molecule has 1 unspecified atom stereocenters. The molecule has 0 saturated carbocycles. The Kier molecular flexibility index (Phi) is 5.40. The first kappa shape index (κ1) is 14.8. The summed E-state index contributed by atoms with van der Waals surface area (Å²) in [6, 6.07) is -1.17. The van der Waals surface area contributed by atoms with E-state index in [-0.39, 0.29) is 6.03 Å². The second-order valence-corrected chi connectivity index (χ2v) is 5.14. The number of nitrogens with one attached hydrogen (secondary N) is 1. The molecule has 6 nitrogen and oxygen atoms in total. The molecule has 0 aromatic rings. The Morgan fingerprint density at radius 2 is 2.00 bits per heavy atom. The molecule has 1 aliphatic rings. The van der Waals surface area contributed by atoms with Crippen LogP contribution in [0.15, 0.2) is 0 Å². The van der Waals surface area contributed by atoms with Crippen LogP contribution in [0.3, 0.4) is 0 Å². The highest BCUT2D eigenvalue weighted by atomic mass is 16.4. The van der Waals surface area contributed by atoms with E-state index in [0.717, 1.165) is 25.9 Å². The maximum absolute atomic E-state index is 11.7. The van der Waals surface area contributed by atoms with E-state index in [1.165, 1.54) is 6.92 Å². The van der Waals surface area contributed by atoms with Gasteiger partial charge in [-0.25, -0.2) is 4.79 Å². The van der Waals surface area contributed by atoms with Gasteiger partial charge >= 0.3 is 12.0 Å². The third-order valence-corrected chi connectivity index (χ3v) is 3.43. The number of hydrogen-bond acceptors (Lipinski definition) is 3. The van der Waals surface area contributed by atoms with E-state index in [2.05, 4.69) is 17.3 Å². The lowest BCUT2D eigenvalue weighted by Crippen LogP contribution is -2.47. The number of carboxylic acids is 1. The van der Waals surface area contributed by atoms with Crippen LogP contribution >= 0.6 is 0 Å². The molecular weight excluding hydrogens is 234 g/mol. The zero-order valence-electron chi connectivity index (χ0n) is 11.3. The van der Waals surface area contributed by atoms with Gasteiger partial charge in [0.05, 0.1) is 0 Å². The number of rotatable bonds is 4. The summed E-state index contributed by atoms with van der Waals surface area (Å²) in [5.41, 5.74) is 0. The molecule has 104 valence electrons. The van der Waals surface area contributed by atoms with Crippen LogP contribution in [0.1, 0.15) is 19.8 Å². The first-order valence-corrected chi connectivity index (χ1v) is 6.33. The SMILES string of the molecule is CC(NC(=O)N(C)CC1CCN(C)CC1)C(=O)O. The van der Waals surface area contributed by atoms with E-state index in [9.17, 15) is 9.59 Å². The maximum Gasteiger partial charge on any atom is 0.325 e. The lowest BCUT2D eigenvalue weighted by atomic mass is 9.97. The van der Waals surface area contributed by atoms with E-state index >= 15 is 0 Å². The minimum absolute atomic E-state index is 0.316. The van der Waals surface area contributed by atoms with Crippen molar-refractivity contribution in [1.29, 1.82) is 0 Å². The van der Waals surface area contributed by atoms with Crippen molar-refractivity contribution in [2.45, 2.75) is 25.8 Å². The first-order valence-electron chi connectivity index (χ1n) is 6.33. The highest BCUT2D eigenvalue weighted by molar-refractivity contribution is 5.82. The number of aliphatic carboxylic acids is 1. The number of piperidine rings is 1. The van der Waals surface area contributed by atoms with Gasteiger partial charge in [0.1, 0.15) is 6.04 Å². The number of hydrogen-bond donors (Lipinski definition) is 2. The third-order valence-electron chi connectivity index (χ3n) is 3.43. The Morgan fingerprint density at radius 3 is 2.50 bits per heavy atom. The standard InChI is InChI=1S/C12H23N3O3/c1-9(11(16)17)13-12(18)15(3)8-10-4-6-14(2)7-5-10/h9-10H,4-8H2,1-3H3,(H,13,18)(H,16,17). The second-order valence-electron chi connectivity index (χ2n) is 5.14. The van der Waals surface area contributed by atoms with E-state index in [4.69, 9.17) is 5.11 Å². The molecule has 0 radical (unpaired) electrons. The van der Waals surface area contributed by atoms with Crippen LogP contribution in [-0.4, -0.2) is 66.7 Å². The minimum Gasteiger partial charge on any atom is -0.480 e. The number of likely N-dealkylation sites (tertiary alicyclic amines) is 1. The van der Waals surface area contributed by atoms with Crippen LogP contribution in [0, 0.1) is 5.92 Å². The van der Waals surface area contributed by atoms with Crippen LogP contribution < -0.4 is 5.32 Å². The van der Waals surface area contributed by atoms with Crippen molar-refractivity contribution < 1.29 is 14.7 Å². The van der Waals surface area contributed by atoms with Gasteiger partial charge in [0.25, 0.3) is 0 Å². The van der Waals surface area contributed by atoms with Gasteiger partial charge in [-0.2, -0.15) is 0 Å². The van der Waals surface area contributed by atoms with Crippen molar-refractivity contribution in [1.82, 2.24) is 15.1 Å². The molecule has 1 rings (SSSR count). The Hall–Kier alpha value is -1.30. The Bertz CT molecular complexity index is 301. The molecule has 0 aromatic carbocycles. The summed E-state index contributed by atoms with van der Waals surface area (Å²) < 4.78 is 0. The van der Waals surface area contributed by atoms with Crippen molar-refractivity contribution in [2.24, 2.45) is 5.92 Å². The van der Waals surface area contributed by atoms with Crippen LogP contribution in [0.2, 0.25) is 0 Å². The predicted molar refractivity (Wildman–Crippen MR) is 68.5 cm³/mol. The molecule has 1 fully saturated rings. The molecule has 1 atom stereocenters. The van der Waals surface area contributed by atoms with Crippen LogP contribution in [-0.2, 0) is 4.79 Å². The Labute approximate surface area is 108 Å². The molecule has 1 aliphatic heterocycles. The largest absolute Gasteiger partial charge is 0.480 e. The molecule has 2 amide bonds. The lowest BCUT2D eigenvalue weighted by molar-refractivity contribution is -0.138. The number of nitrogens with zero attached hydrogens (tertiary/aromatic N) is 2.